The van der Waals surface area contributed by atoms with E-state index in [1.807, 2.05) is 37.3 Å². The highest BCUT2D eigenvalue weighted by Crippen LogP contribution is 2.42. The van der Waals surface area contributed by atoms with Crippen molar-refractivity contribution in [1.82, 2.24) is 4.98 Å². The Balaban J connectivity index is 1.68. The number of carbonyl (C=O) groups is 2. The average Bonchev–Trinajstić information content (AvgIpc) is 3.10. The molecule has 2 aliphatic rings. The molecule has 1 N–H and O–H groups in total. The highest BCUT2D eigenvalue weighted by Gasteiger charge is 2.47. The molecule has 0 radical (unpaired) electrons. The molecule has 2 aliphatic heterocycles. The Labute approximate surface area is 185 Å². The molecule has 1 saturated heterocycles. The molecular formula is C26H22N2O4. The number of aliphatic hydroxyl groups excluding tert-OH is 1. The first-order valence-corrected chi connectivity index (χ1v) is 10.6. The van der Waals surface area contributed by atoms with Crippen molar-refractivity contribution in [1.29, 1.82) is 0 Å². The summed E-state index contributed by atoms with van der Waals surface area (Å²) in [5.41, 5.74) is 3.88. The molecule has 0 aliphatic carbocycles. The van der Waals surface area contributed by atoms with Crippen LogP contribution in [0.5, 0.6) is 5.75 Å². The largest absolute Gasteiger partial charge is 0.507 e. The molecule has 32 heavy (non-hydrogen) atoms. The third kappa shape index (κ3) is 3.34. The van der Waals surface area contributed by atoms with E-state index in [1.165, 1.54) is 4.90 Å². The van der Waals surface area contributed by atoms with Crippen molar-refractivity contribution in [3.63, 3.8) is 0 Å². The number of Topliss-reactive ketones (excluding diaryl/α,β-unsaturated/α-hetero) is 1. The number of hydrogen-bond donors (Lipinski definition) is 1. The molecule has 3 heterocycles. The Kier molecular flexibility index (Phi) is 4.98. The fourth-order valence-corrected chi connectivity index (χ4v) is 4.33. The monoisotopic (exact) mass is 426 g/mol. The minimum Gasteiger partial charge on any atom is -0.507 e. The van der Waals surface area contributed by atoms with Crippen LogP contribution in [0.15, 0.2) is 72.6 Å². The highest BCUT2D eigenvalue weighted by atomic mass is 16.5. The van der Waals surface area contributed by atoms with Crippen molar-refractivity contribution in [3.05, 3.63) is 94.8 Å². The van der Waals surface area contributed by atoms with Crippen LogP contribution < -0.4 is 9.64 Å². The van der Waals surface area contributed by atoms with E-state index in [0.29, 0.717) is 23.4 Å². The number of pyridine rings is 1. The first kappa shape index (κ1) is 20.0. The van der Waals surface area contributed by atoms with Gasteiger partial charge in [-0.15, -0.1) is 0 Å². The van der Waals surface area contributed by atoms with Crippen LogP contribution in [0.1, 0.15) is 34.7 Å². The molecule has 1 fully saturated rings. The topological polar surface area (TPSA) is 79.7 Å². The van der Waals surface area contributed by atoms with Crippen LogP contribution in [0.2, 0.25) is 0 Å². The van der Waals surface area contributed by atoms with Gasteiger partial charge in [0.15, 0.2) is 0 Å². The molecule has 1 amide bonds. The zero-order chi connectivity index (χ0) is 22.2. The molecule has 5 rings (SSSR count). The number of nitrogens with zero attached hydrogens (tertiary/aromatic N) is 2. The minimum atomic E-state index is -0.756. The number of anilines is 1. The molecule has 2 aromatic carbocycles. The lowest BCUT2D eigenvalue weighted by molar-refractivity contribution is -0.132. The summed E-state index contributed by atoms with van der Waals surface area (Å²) in [7, 11) is 0. The summed E-state index contributed by atoms with van der Waals surface area (Å²) in [6.45, 7) is 2.63. The zero-order valence-corrected chi connectivity index (χ0v) is 17.6. The third-order valence-electron chi connectivity index (χ3n) is 5.96. The van der Waals surface area contributed by atoms with Gasteiger partial charge in [-0.25, -0.2) is 0 Å². The quantitative estimate of drug-likeness (QED) is 0.383. The molecule has 6 nitrogen and oxygen atoms in total. The number of carbonyl (C=O) groups excluding carboxylic acids is 2. The van der Waals surface area contributed by atoms with E-state index in [2.05, 4.69) is 4.98 Å². The van der Waals surface area contributed by atoms with Gasteiger partial charge < -0.3 is 9.84 Å². The average molecular weight is 426 g/mol. The van der Waals surface area contributed by atoms with E-state index in [1.54, 1.807) is 36.7 Å². The number of aryl methyl sites for hydroxylation is 2. The van der Waals surface area contributed by atoms with Gasteiger partial charge in [0.25, 0.3) is 11.7 Å². The standard InChI is InChI=1S/C26H22N2O4/c1-16-4-7-20(8-5-16)28-23(17-10-12-27-13-11-17)22(25(30)26(28)31)24(29)19-6-9-21-18(15-19)3-2-14-32-21/h4-13,15,23,29H,2-3,14H2,1H3/b24-22-. The van der Waals surface area contributed by atoms with Crippen LogP contribution in [0.3, 0.4) is 0 Å². The summed E-state index contributed by atoms with van der Waals surface area (Å²) in [6.07, 6.45) is 4.95. The second kappa shape index (κ2) is 7.96. The van der Waals surface area contributed by atoms with E-state index in [9.17, 15) is 14.7 Å². The van der Waals surface area contributed by atoms with E-state index >= 15 is 0 Å². The Morgan fingerprint density at radius 1 is 1.06 bits per heavy atom. The lowest BCUT2D eigenvalue weighted by Gasteiger charge is -2.25. The van der Waals surface area contributed by atoms with Crippen molar-refractivity contribution in [3.8, 4) is 5.75 Å². The van der Waals surface area contributed by atoms with Gasteiger partial charge >= 0.3 is 0 Å². The van der Waals surface area contributed by atoms with E-state index in [-0.39, 0.29) is 11.3 Å². The van der Waals surface area contributed by atoms with Gasteiger partial charge in [-0.05, 0) is 73.4 Å². The van der Waals surface area contributed by atoms with Crippen LogP contribution >= 0.6 is 0 Å². The third-order valence-corrected chi connectivity index (χ3v) is 5.96. The van der Waals surface area contributed by atoms with Crippen molar-refractivity contribution >= 4 is 23.1 Å². The Morgan fingerprint density at radius 3 is 2.56 bits per heavy atom. The minimum absolute atomic E-state index is 0.0680. The predicted molar refractivity (Wildman–Crippen MR) is 120 cm³/mol. The van der Waals surface area contributed by atoms with Crippen molar-refractivity contribution < 1.29 is 19.4 Å². The van der Waals surface area contributed by atoms with E-state index in [4.69, 9.17) is 4.74 Å². The number of ketones is 1. The number of amides is 1. The van der Waals surface area contributed by atoms with Gasteiger partial charge in [-0.2, -0.15) is 0 Å². The molecular weight excluding hydrogens is 404 g/mol. The van der Waals surface area contributed by atoms with Gasteiger partial charge in [0.1, 0.15) is 11.5 Å². The van der Waals surface area contributed by atoms with Crippen molar-refractivity contribution in [2.45, 2.75) is 25.8 Å². The normalized spacial score (nSPS) is 19.5. The fraction of sp³-hybridized carbons (Fsp3) is 0.192. The number of benzene rings is 2. The van der Waals surface area contributed by atoms with Gasteiger partial charge in [-0.3, -0.25) is 19.5 Å². The molecule has 3 aromatic rings. The van der Waals surface area contributed by atoms with Crippen molar-refractivity contribution in [2.24, 2.45) is 0 Å². The van der Waals surface area contributed by atoms with Gasteiger partial charge in [0.2, 0.25) is 0 Å². The SMILES string of the molecule is Cc1ccc(N2C(=O)C(=O)/C(=C(\O)c3ccc4c(c3)CCCO4)C2c2ccncc2)cc1. The second-order valence-corrected chi connectivity index (χ2v) is 8.06. The van der Waals surface area contributed by atoms with E-state index < -0.39 is 17.7 Å². The highest BCUT2D eigenvalue weighted by molar-refractivity contribution is 6.51. The summed E-state index contributed by atoms with van der Waals surface area (Å²) in [5.74, 6) is -0.774. The number of ether oxygens (including phenoxy) is 1. The number of fused-ring (bicyclic) bond motifs is 1. The lowest BCUT2D eigenvalue weighted by Crippen LogP contribution is -2.29. The summed E-state index contributed by atoms with van der Waals surface area (Å²) >= 11 is 0. The fourth-order valence-electron chi connectivity index (χ4n) is 4.33. The molecule has 1 unspecified atom stereocenters. The molecule has 6 heteroatoms. The molecule has 0 spiro atoms. The smallest absolute Gasteiger partial charge is 0.300 e. The molecule has 0 bridgehead atoms. The molecule has 1 aromatic heterocycles. The maximum Gasteiger partial charge on any atom is 0.300 e. The summed E-state index contributed by atoms with van der Waals surface area (Å²) in [4.78, 5) is 31.9. The molecule has 0 saturated carbocycles. The van der Waals surface area contributed by atoms with Crippen LogP contribution in [-0.4, -0.2) is 28.4 Å². The van der Waals surface area contributed by atoms with Crippen LogP contribution in [0.4, 0.5) is 5.69 Å². The van der Waals surface area contributed by atoms with Crippen molar-refractivity contribution in [2.75, 3.05) is 11.5 Å². The van der Waals surface area contributed by atoms with Gasteiger partial charge in [0, 0.05) is 23.6 Å². The first-order chi connectivity index (χ1) is 15.5. The summed E-state index contributed by atoms with van der Waals surface area (Å²) in [6, 6.07) is 15.5. The number of aromatic nitrogens is 1. The second-order valence-electron chi connectivity index (χ2n) is 8.06. The van der Waals surface area contributed by atoms with Gasteiger partial charge in [-0.1, -0.05) is 17.7 Å². The Morgan fingerprint density at radius 2 is 1.81 bits per heavy atom. The number of hydrogen-bond acceptors (Lipinski definition) is 5. The zero-order valence-electron chi connectivity index (χ0n) is 17.6. The Bertz CT molecular complexity index is 1230. The number of aliphatic hydroxyl groups is 1. The summed E-state index contributed by atoms with van der Waals surface area (Å²) in [5, 5.41) is 11.3. The lowest BCUT2D eigenvalue weighted by atomic mass is 9.94. The van der Waals surface area contributed by atoms with Crippen LogP contribution in [0.25, 0.3) is 5.76 Å². The predicted octanol–water partition coefficient (Wildman–Crippen LogP) is 4.34. The maximum atomic E-state index is 13.2. The van der Waals surface area contributed by atoms with Gasteiger partial charge in [0.05, 0.1) is 18.2 Å². The van der Waals surface area contributed by atoms with Crippen LogP contribution in [-0.2, 0) is 16.0 Å². The number of rotatable bonds is 3. The Hall–Kier alpha value is -3.93. The first-order valence-electron chi connectivity index (χ1n) is 10.6. The maximum absolute atomic E-state index is 13.2. The van der Waals surface area contributed by atoms with Crippen LogP contribution in [0, 0.1) is 6.92 Å². The summed E-state index contributed by atoms with van der Waals surface area (Å²) < 4.78 is 5.66. The molecule has 160 valence electrons. The van der Waals surface area contributed by atoms with E-state index in [0.717, 1.165) is 29.7 Å². The molecule has 1 atom stereocenters.